The Bertz CT molecular complexity index is 417. The summed E-state index contributed by atoms with van der Waals surface area (Å²) in [6, 6.07) is 8.19. The Morgan fingerprint density at radius 3 is 2.78 bits per heavy atom. The summed E-state index contributed by atoms with van der Waals surface area (Å²) in [5.41, 5.74) is 1.01. The lowest BCUT2D eigenvalue weighted by Crippen LogP contribution is -2.35. The van der Waals surface area contributed by atoms with Gasteiger partial charge >= 0.3 is 0 Å². The standard InChI is InChI=1S/C16H23NO/c1-11(15-9-12-6-7-13(15)8-12)17-10-14-4-2-3-5-16(14)18/h2-5,11-13,15,17-18H,6-10H2,1H3/t11-,12-,13-,15-/m1/s1. The van der Waals surface area contributed by atoms with Crippen LogP contribution in [0, 0.1) is 17.8 Å². The van der Waals surface area contributed by atoms with Crippen molar-refractivity contribution in [2.24, 2.45) is 17.8 Å². The van der Waals surface area contributed by atoms with Gasteiger partial charge in [-0.05, 0) is 50.0 Å². The molecule has 1 aromatic carbocycles. The van der Waals surface area contributed by atoms with Crippen molar-refractivity contribution in [1.82, 2.24) is 5.32 Å². The molecule has 98 valence electrons. The molecule has 2 bridgehead atoms. The minimum Gasteiger partial charge on any atom is -0.508 e. The van der Waals surface area contributed by atoms with Gasteiger partial charge in [-0.1, -0.05) is 24.6 Å². The van der Waals surface area contributed by atoms with Gasteiger partial charge in [0.05, 0.1) is 0 Å². The van der Waals surface area contributed by atoms with Crippen molar-refractivity contribution in [3.63, 3.8) is 0 Å². The average Bonchev–Trinajstić information content (AvgIpc) is 2.99. The van der Waals surface area contributed by atoms with E-state index in [9.17, 15) is 5.11 Å². The quantitative estimate of drug-likeness (QED) is 0.853. The number of aromatic hydroxyl groups is 1. The van der Waals surface area contributed by atoms with Crippen LogP contribution in [0.1, 0.15) is 38.2 Å². The molecule has 0 amide bonds. The minimum absolute atomic E-state index is 0.408. The Labute approximate surface area is 109 Å². The first-order chi connectivity index (χ1) is 8.74. The summed E-state index contributed by atoms with van der Waals surface area (Å²) >= 11 is 0. The number of fused-ring (bicyclic) bond motifs is 2. The predicted octanol–water partition coefficient (Wildman–Crippen LogP) is 3.31. The van der Waals surface area contributed by atoms with Crippen molar-refractivity contribution in [2.45, 2.75) is 45.2 Å². The Morgan fingerprint density at radius 2 is 2.11 bits per heavy atom. The summed E-state index contributed by atoms with van der Waals surface area (Å²) in [4.78, 5) is 0. The highest BCUT2D eigenvalue weighted by molar-refractivity contribution is 5.31. The van der Waals surface area contributed by atoms with E-state index in [-0.39, 0.29) is 0 Å². The maximum atomic E-state index is 9.75. The first-order valence-electron chi connectivity index (χ1n) is 7.24. The Morgan fingerprint density at radius 1 is 1.28 bits per heavy atom. The van der Waals surface area contributed by atoms with Crippen LogP contribution in [0.2, 0.25) is 0 Å². The van der Waals surface area contributed by atoms with Gasteiger partial charge in [0, 0.05) is 18.2 Å². The van der Waals surface area contributed by atoms with Gasteiger partial charge in [-0.15, -0.1) is 0 Å². The third-order valence-corrected chi connectivity index (χ3v) is 5.04. The summed E-state index contributed by atoms with van der Waals surface area (Å²) in [5.74, 6) is 3.23. The van der Waals surface area contributed by atoms with Crippen LogP contribution in [0.15, 0.2) is 24.3 Å². The van der Waals surface area contributed by atoms with Crippen LogP contribution in [-0.2, 0) is 6.54 Å². The summed E-state index contributed by atoms with van der Waals surface area (Å²) in [6.07, 6.45) is 5.79. The number of nitrogens with one attached hydrogen (secondary N) is 1. The molecule has 0 saturated heterocycles. The topological polar surface area (TPSA) is 32.3 Å². The van der Waals surface area contributed by atoms with E-state index in [2.05, 4.69) is 12.2 Å². The second kappa shape index (κ2) is 4.93. The van der Waals surface area contributed by atoms with E-state index >= 15 is 0 Å². The third kappa shape index (κ3) is 2.26. The molecule has 18 heavy (non-hydrogen) atoms. The fourth-order valence-corrected chi connectivity index (χ4v) is 3.99. The van der Waals surface area contributed by atoms with Crippen LogP contribution in [0.25, 0.3) is 0 Å². The van der Waals surface area contributed by atoms with Gasteiger partial charge in [0.25, 0.3) is 0 Å². The lowest BCUT2D eigenvalue weighted by Gasteiger charge is -2.28. The molecule has 0 aromatic heterocycles. The first kappa shape index (κ1) is 12.0. The van der Waals surface area contributed by atoms with Crippen molar-refractivity contribution in [3.8, 4) is 5.75 Å². The van der Waals surface area contributed by atoms with Gasteiger partial charge < -0.3 is 10.4 Å². The second-order valence-corrected chi connectivity index (χ2v) is 6.14. The number of hydrogen-bond acceptors (Lipinski definition) is 2. The zero-order valence-electron chi connectivity index (χ0n) is 11.1. The Hall–Kier alpha value is -1.02. The Kier molecular flexibility index (Phi) is 3.29. The maximum Gasteiger partial charge on any atom is 0.120 e. The highest BCUT2D eigenvalue weighted by Crippen LogP contribution is 2.49. The van der Waals surface area contributed by atoms with E-state index < -0.39 is 0 Å². The molecule has 0 radical (unpaired) electrons. The molecule has 2 aliphatic carbocycles. The van der Waals surface area contributed by atoms with Crippen LogP contribution in [0.5, 0.6) is 5.75 Å². The normalized spacial score (nSPS) is 31.7. The van der Waals surface area contributed by atoms with Crippen molar-refractivity contribution in [2.75, 3.05) is 0 Å². The summed E-state index contributed by atoms with van der Waals surface area (Å²) < 4.78 is 0. The fraction of sp³-hybridized carbons (Fsp3) is 0.625. The molecular formula is C16H23NO. The van der Waals surface area contributed by atoms with Gasteiger partial charge in [-0.25, -0.2) is 0 Å². The highest BCUT2D eigenvalue weighted by atomic mass is 16.3. The summed E-state index contributed by atoms with van der Waals surface area (Å²) in [7, 11) is 0. The number of benzene rings is 1. The molecule has 1 aromatic rings. The lowest BCUT2D eigenvalue weighted by molar-refractivity contribution is 0.259. The van der Waals surface area contributed by atoms with Crippen LogP contribution in [0.4, 0.5) is 0 Å². The number of para-hydroxylation sites is 1. The zero-order valence-corrected chi connectivity index (χ0v) is 11.1. The zero-order chi connectivity index (χ0) is 12.5. The van der Waals surface area contributed by atoms with Gasteiger partial charge in [0.1, 0.15) is 5.75 Å². The summed E-state index contributed by atoms with van der Waals surface area (Å²) in [5, 5.41) is 13.4. The molecule has 0 spiro atoms. The minimum atomic E-state index is 0.408. The van der Waals surface area contributed by atoms with Crippen LogP contribution in [-0.4, -0.2) is 11.1 Å². The monoisotopic (exact) mass is 245 g/mol. The van der Waals surface area contributed by atoms with E-state index in [1.54, 1.807) is 6.07 Å². The van der Waals surface area contributed by atoms with Gasteiger partial charge in [-0.2, -0.15) is 0 Å². The summed E-state index contributed by atoms with van der Waals surface area (Å²) in [6.45, 7) is 3.09. The highest BCUT2D eigenvalue weighted by Gasteiger charge is 2.41. The molecular weight excluding hydrogens is 222 g/mol. The SMILES string of the molecule is C[C@@H](NCc1ccccc1O)[C@H]1C[C@@H]2CC[C@@H]1C2. The molecule has 0 heterocycles. The number of rotatable bonds is 4. The number of phenolic OH excluding ortho intramolecular Hbond substituents is 1. The molecule has 2 aliphatic rings. The molecule has 3 rings (SSSR count). The molecule has 2 saturated carbocycles. The van der Waals surface area contributed by atoms with Crippen LogP contribution < -0.4 is 5.32 Å². The van der Waals surface area contributed by atoms with Crippen molar-refractivity contribution in [3.05, 3.63) is 29.8 Å². The second-order valence-electron chi connectivity index (χ2n) is 6.14. The number of phenols is 1. The lowest BCUT2D eigenvalue weighted by atomic mass is 9.84. The van der Waals surface area contributed by atoms with Gasteiger partial charge in [0.15, 0.2) is 0 Å². The number of hydrogen-bond donors (Lipinski definition) is 2. The van der Waals surface area contributed by atoms with E-state index in [1.807, 2.05) is 18.2 Å². The third-order valence-electron chi connectivity index (χ3n) is 5.04. The van der Waals surface area contributed by atoms with Crippen LogP contribution in [0.3, 0.4) is 0 Å². The average molecular weight is 245 g/mol. The predicted molar refractivity (Wildman–Crippen MR) is 73.3 cm³/mol. The van der Waals surface area contributed by atoms with E-state index in [0.717, 1.165) is 29.9 Å². The molecule has 0 unspecified atom stereocenters. The van der Waals surface area contributed by atoms with E-state index in [4.69, 9.17) is 0 Å². The van der Waals surface area contributed by atoms with E-state index in [0.29, 0.717) is 11.8 Å². The maximum absolute atomic E-state index is 9.75. The van der Waals surface area contributed by atoms with Crippen molar-refractivity contribution < 1.29 is 5.11 Å². The fourth-order valence-electron chi connectivity index (χ4n) is 3.99. The molecule has 4 atom stereocenters. The van der Waals surface area contributed by atoms with Gasteiger partial charge in [0.2, 0.25) is 0 Å². The van der Waals surface area contributed by atoms with E-state index in [1.165, 1.54) is 25.7 Å². The van der Waals surface area contributed by atoms with Crippen molar-refractivity contribution in [1.29, 1.82) is 0 Å². The first-order valence-corrected chi connectivity index (χ1v) is 7.24. The Balaban J connectivity index is 1.56. The van der Waals surface area contributed by atoms with Gasteiger partial charge in [-0.3, -0.25) is 0 Å². The smallest absolute Gasteiger partial charge is 0.120 e. The molecule has 2 nitrogen and oxygen atoms in total. The molecule has 2 N–H and O–H groups in total. The molecule has 2 fully saturated rings. The van der Waals surface area contributed by atoms with Crippen LogP contribution >= 0.6 is 0 Å². The molecule has 0 aliphatic heterocycles. The molecule has 2 heteroatoms. The largest absolute Gasteiger partial charge is 0.508 e. The van der Waals surface area contributed by atoms with Crippen molar-refractivity contribution >= 4 is 0 Å².